The lowest BCUT2D eigenvalue weighted by molar-refractivity contribution is -0.00521. The highest BCUT2D eigenvalue weighted by Gasteiger charge is 2.60. The molecule has 0 radical (unpaired) electrons. The third-order valence-electron chi connectivity index (χ3n) is 5.89. The Balaban J connectivity index is 1.50. The number of fused-ring (bicyclic) bond motifs is 1. The topological polar surface area (TPSA) is 15.7 Å². The molecule has 0 N–H and O–H groups in total. The van der Waals surface area contributed by atoms with E-state index in [-0.39, 0.29) is 0 Å². The Morgan fingerprint density at radius 3 is 2.36 bits per heavy atom. The Hall–Kier alpha value is -1.06. The van der Waals surface area contributed by atoms with Crippen LogP contribution in [0.4, 0.5) is 5.69 Å². The second kappa shape index (κ2) is 5.24. The van der Waals surface area contributed by atoms with Gasteiger partial charge in [-0.3, -0.25) is 0 Å². The molecule has 0 bridgehead atoms. The molecule has 2 aliphatic heterocycles. The standard InChI is InChI=1S/C19H28N2O/c1-4-20-12-17-9-19(17,13-20)16-5-7-18(8-6-16)21-10-14(2)22-15(3)11-21/h5-8,14-15,17H,4,9-13H2,1-3H3/t14?,15?,17-,19+/m0/s1. The smallest absolute Gasteiger partial charge is 0.0726 e. The van der Waals surface area contributed by atoms with E-state index in [4.69, 9.17) is 4.74 Å². The summed E-state index contributed by atoms with van der Waals surface area (Å²) in [7, 11) is 0. The molecule has 2 heterocycles. The lowest BCUT2D eigenvalue weighted by atomic mass is 9.94. The van der Waals surface area contributed by atoms with Crippen LogP contribution in [0.1, 0.15) is 32.8 Å². The van der Waals surface area contributed by atoms with Crippen molar-refractivity contribution in [2.75, 3.05) is 37.6 Å². The van der Waals surface area contributed by atoms with Crippen LogP contribution in [0, 0.1) is 5.92 Å². The van der Waals surface area contributed by atoms with E-state index in [0.717, 1.165) is 19.0 Å². The molecule has 3 aliphatic rings. The Bertz CT molecular complexity index is 533. The second-order valence-electron chi connectivity index (χ2n) is 7.59. The summed E-state index contributed by atoms with van der Waals surface area (Å²) in [6, 6.07) is 9.44. The maximum Gasteiger partial charge on any atom is 0.0726 e. The molecule has 22 heavy (non-hydrogen) atoms. The average Bonchev–Trinajstić information content (AvgIpc) is 3.08. The fraction of sp³-hybridized carbons (Fsp3) is 0.684. The first-order valence-electron chi connectivity index (χ1n) is 8.84. The quantitative estimate of drug-likeness (QED) is 0.853. The van der Waals surface area contributed by atoms with E-state index < -0.39 is 0 Å². The summed E-state index contributed by atoms with van der Waals surface area (Å²) in [4.78, 5) is 5.07. The summed E-state index contributed by atoms with van der Waals surface area (Å²) in [6.45, 7) is 12.4. The van der Waals surface area contributed by atoms with E-state index in [1.807, 2.05) is 0 Å². The van der Waals surface area contributed by atoms with Gasteiger partial charge in [-0.1, -0.05) is 19.1 Å². The van der Waals surface area contributed by atoms with Crippen molar-refractivity contribution in [2.24, 2.45) is 5.92 Å². The average molecular weight is 300 g/mol. The first-order valence-corrected chi connectivity index (χ1v) is 8.84. The highest BCUT2D eigenvalue weighted by Crippen LogP contribution is 2.58. The van der Waals surface area contributed by atoms with Gasteiger partial charge in [-0.25, -0.2) is 0 Å². The molecule has 0 aromatic heterocycles. The van der Waals surface area contributed by atoms with Crippen LogP contribution in [-0.2, 0) is 10.2 Å². The van der Waals surface area contributed by atoms with E-state index in [1.54, 1.807) is 5.56 Å². The van der Waals surface area contributed by atoms with Gasteiger partial charge in [0.15, 0.2) is 0 Å². The number of likely N-dealkylation sites (N-methyl/N-ethyl adjacent to an activating group) is 1. The molecule has 120 valence electrons. The number of rotatable bonds is 3. The number of ether oxygens (including phenoxy) is 1. The Morgan fingerprint density at radius 1 is 1.09 bits per heavy atom. The molecule has 1 aliphatic carbocycles. The van der Waals surface area contributed by atoms with E-state index in [1.165, 1.54) is 31.7 Å². The largest absolute Gasteiger partial charge is 0.372 e. The van der Waals surface area contributed by atoms with Gasteiger partial charge >= 0.3 is 0 Å². The summed E-state index contributed by atoms with van der Waals surface area (Å²) in [5.41, 5.74) is 3.40. The number of nitrogens with zero attached hydrogens (tertiary/aromatic N) is 2. The predicted molar refractivity (Wildman–Crippen MR) is 90.6 cm³/mol. The van der Waals surface area contributed by atoms with Crippen molar-refractivity contribution in [3.63, 3.8) is 0 Å². The Labute approximate surface area is 134 Å². The zero-order valence-electron chi connectivity index (χ0n) is 14.1. The molecule has 0 spiro atoms. The fourth-order valence-electron chi connectivity index (χ4n) is 4.67. The maximum absolute atomic E-state index is 5.84. The molecule has 0 amide bonds. The van der Waals surface area contributed by atoms with Gasteiger partial charge in [-0.15, -0.1) is 0 Å². The summed E-state index contributed by atoms with van der Waals surface area (Å²) in [5.74, 6) is 0.904. The number of morpholine rings is 1. The van der Waals surface area contributed by atoms with Crippen LogP contribution in [0.15, 0.2) is 24.3 Å². The fourth-order valence-corrected chi connectivity index (χ4v) is 4.67. The van der Waals surface area contributed by atoms with Crippen molar-refractivity contribution in [3.8, 4) is 0 Å². The first-order chi connectivity index (χ1) is 10.6. The third-order valence-corrected chi connectivity index (χ3v) is 5.89. The van der Waals surface area contributed by atoms with Gasteiger partial charge in [0.05, 0.1) is 12.2 Å². The molecule has 3 fully saturated rings. The molecular weight excluding hydrogens is 272 g/mol. The normalized spacial score (nSPS) is 38.1. The summed E-state index contributed by atoms with van der Waals surface area (Å²) < 4.78 is 5.84. The minimum atomic E-state index is 0.322. The lowest BCUT2D eigenvalue weighted by Crippen LogP contribution is -2.45. The Morgan fingerprint density at radius 2 is 1.77 bits per heavy atom. The van der Waals surface area contributed by atoms with E-state index in [2.05, 4.69) is 54.8 Å². The van der Waals surface area contributed by atoms with Crippen molar-refractivity contribution in [1.29, 1.82) is 0 Å². The molecule has 1 aromatic rings. The molecular formula is C19H28N2O. The monoisotopic (exact) mass is 300 g/mol. The number of hydrogen-bond donors (Lipinski definition) is 0. The van der Waals surface area contributed by atoms with Crippen molar-refractivity contribution in [3.05, 3.63) is 29.8 Å². The van der Waals surface area contributed by atoms with Crippen LogP contribution in [0.3, 0.4) is 0 Å². The van der Waals surface area contributed by atoms with Gasteiger partial charge in [0.1, 0.15) is 0 Å². The zero-order chi connectivity index (χ0) is 15.3. The van der Waals surface area contributed by atoms with Crippen molar-refractivity contribution in [1.82, 2.24) is 4.90 Å². The third kappa shape index (κ3) is 2.35. The minimum absolute atomic E-state index is 0.322. The highest BCUT2D eigenvalue weighted by atomic mass is 16.5. The molecule has 3 heteroatoms. The van der Waals surface area contributed by atoms with Crippen LogP contribution in [0.5, 0.6) is 0 Å². The summed E-state index contributed by atoms with van der Waals surface area (Å²) in [5, 5.41) is 0. The molecule has 4 rings (SSSR count). The minimum Gasteiger partial charge on any atom is -0.372 e. The maximum atomic E-state index is 5.84. The van der Waals surface area contributed by atoms with Crippen molar-refractivity contribution >= 4 is 5.69 Å². The van der Waals surface area contributed by atoms with Crippen LogP contribution in [-0.4, -0.2) is 49.8 Å². The number of likely N-dealkylation sites (tertiary alicyclic amines) is 1. The number of piperidine rings is 1. The molecule has 3 nitrogen and oxygen atoms in total. The van der Waals surface area contributed by atoms with Gasteiger partial charge in [0.2, 0.25) is 0 Å². The highest BCUT2D eigenvalue weighted by molar-refractivity contribution is 5.51. The van der Waals surface area contributed by atoms with Crippen LogP contribution >= 0.6 is 0 Å². The van der Waals surface area contributed by atoms with Crippen LogP contribution < -0.4 is 4.90 Å². The van der Waals surface area contributed by atoms with Gasteiger partial charge in [0.25, 0.3) is 0 Å². The predicted octanol–water partition coefficient (Wildman–Crippen LogP) is 2.89. The summed E-state index contributed by atoms with van der Waals surface area (Å²) in [6.07, 6.45) is 2.04. The number of anilines is 1. The molecule has 1 saturated carbocycles. The number of benzene rings is 1. The zero-order valence-corrected chi connectivity index (χ0v) is 14.1. The van der Waals surface area contributed by atoms with E-state index in [9.17, 15) is 0 Å². The Kier molecular flexibility index (Phi) is 3.46. The van der Waals surface area contributed by atoms with Crippen molar-refractivity contribution in [2.45, 2.75) is 44.8 Å². The van der Waals surface area contributed by atoms with Gasteiger partial charge in [-0.2, -0.15) is 0 Å². The van der Waals surface area contributed by atoms with Crippen LogP contribution in [0.25, 0.3) is 0 Å². The number of hydrogen-bond acceptors (Lipinski definition) is 3. The summed E-state index contributed by atoms with van der Waals surface area (Å²) >= 11 is 0. The molecule has 4 atom stereocenters. The van der Waals surface area contributed by atoms with Gasteiger partial charge in [-0.05, 0) is 50.4 Å². The van der Waals surface area contributed by atoms with Crippen molar-refractivity contribution < 1.29 is 4.74 Å². The lowest BCUT2D eigenvalue weighted by Gasteiger charge is -2.37. The van der Waals surface area contributed by atoms with Gasteiger partial charge < -0.3 is 14.5 Å². The molecule has 1 aromatic carbocycles. The second-order valence-corrected chi connectivity index (χ2v) is 7.59. The first kappa shape index (κ1) is 14.5. The van der Waals surface area contributed by atoms with E-state index >= 15 is 0 Å². The van der Waals surface area contributed by atoms with Crippen LogP contribution in [0.2, 0.25) is 0 Å². The molecule has 2 unspecified atom stereocenters. The molecule has 2 saturated heterocycles. The van der Waals surface area contributed by atoms with E-state index in [0.29, 0.717) is 17.6 Å². The van der Waals surface area contributed by atoms with Gasteiger partial charge in [0, 0.05) is 37.3 Å². The SMILES string of the molecule is CCN1C[C@@H]2C[C@]2(c2ccc(N3CC(C)OC(C)C3)cc2)C1.